The molecule has 4 rings (SSSR count). The molecule has 0 spiro atoms. The minimum absolute atomic E-state index is 0.119. The van der Waals surface area contributed by atoms with E-state index in [1.54, 1.807) is 13.4 Å². The summed E-state index contributed by atoms with van der Waals surface area (Å²) in [5.41, 5.74) is 1.94. The molecule has 6 heteroatoms. The second kappa shape index (κ2) is 6.74. The molecular weight excluding hydrogens is 320 g/mol. The van der Waals surface area contributed by atoms with Crippen LogP contribution in [-0.2, 0) is 6.54 Å². The number of rotatable bonds is 5. The maximum Gasteiger partial charge on any atom is 0.202 e. The van der Waals surface area contributed by atoms with Crippen LogP contribution in [0.2, 0.25) is 0 Å². The number of aliphatic hydroxyl groups excluding tert-OH is 1. The molecule has 6 nitrogen and oxygen atoms in total. The van der Waals surface area contributed by atoms with E-state index in [0.29, 0.717) is 31.0 Å². The van der Waals surface area contributed by atoms with Gasteiger partial charge >= 0.3 is 0 Å². The first kappa shape index (κ1) is 15.9. The molecule has 25 heavy (non-hydrogen) atoms. The molecule has 2 aromatic heterocycles. The Labute approximate surface area is 145 Å². The summed E-state index contributed by atoms with van der Waals surface area (Å²) in [4.78, 5) is 2.21. The molecule has 3 aromatic rings. The lowest BCUT2D eigenvalue weighted by Gasteiger charge is -2.23. The molecule has 3 heterocycles. The average molecular weight is 340 g/mol. The predicted octanol–water partition coefficient (Wildman–Crippen LogP) is 3.25. The Hall–Kier alpha value is -2.57. The van der Waals surface area contributed by atoms with Crippen molar-refractivity contribution in [1.82, 2.24) is 10.1 Å². The Balaban J connectivity index is 1.54. The van der Waals surface area contributed by atoms with E-state index in [1.807, 2.05) is 36.4 Å². The maximum atomic E-state index is 10.2. The van der Waals surface area contributed by atoms with E-state index < -0.39 is 0 Å². The van der Waals surface area contributed by atoms with Gasteiger partial charge in [0.2, 0.25) is 5.76 Å². The van der Waals surface area contributed by atoms with Crippen molar-refractivity contribution in [3.8, 4) is 17.3 Å². The summed E-state index contributed by atoms with van der Waals surface area (Å²) in [6, 6.07) is 13.6. The number of likely N-dealkylation sites (tertiary alicyclic amines) is 1. The van der Waals surface area contributed by atoms with E-state index in [4.69, 9.17) is 13.7 Å². The quantitative estimate of drug-likeness (QED) is 0.769. The number of aromatic nitrogens is 1. The summed E-state index contributed by atoms with van der Waals surface area (Å²) in [5, 5.41) is 14.3. The fourth-order valence-electron chi connectivity index (χ4n) is 3.38. The van der Waals surface area contributed by atoms with Gasteiger partial charge in [-0.15, -0.1) is 0 Å². The summed E-state index contributed by atoms with van der Waals surface area (Å²) >= 11 is 0. The molecule has 1 saturated heterocycles. The third-order valence-corrected chi connectivity index (χ3v) is 4.55. The number of furan rings is 1. The Bertz CT molecular complexity index is 828. The van der Waals surface area contributed by atoms with Crippen LogP contribution in [0.4, 0.5) is 0 Å². The third-order valence-electron chi connectivity index (χ3n) is 4.55. The van der Waals surface area contributed by atoms with Crippen molar-refractivity contribution in [3.05, 3.63) is 60.0 Å². The van der Waals surface area contributed by atoms with Gasteiger partial charge in [0.15, 0.2) is 5.76 Å². The first-order chi connectivity index (χ1) is 12.2. The summed E-state index contributed by atoms with van der Waals surface area (Å²) < 4.78 is 16.0. The van der Waals surface area contributed by atoms with Crippen LogP contribution in [0.15, 0.2) is 57.7 Å². The minimum atomic E-state index is -0.354. The molecule has 0 amide bonds. The lowest BCUT2D eigenvalue weighted by molar-refractivity contribution is 0.171. The second-order valence-corrected chi connectivity index (χ2v) is 6.27. The topological polar surface area (TPSA) is 71.9 Å². The molecule has 1 N–H and O–H groups in total. The number of hydrogen-bond donors (Lipinski definition) is 1. The van der Waals surface area contributed by atoms with Crippen molar-refractivity contribution in [1.29, 1.82) is 0 Å². The van der Waals surface area contributed by atoms with Crippen LogP contribution in [0.3, 0.4) is 0 Å². The average Bonchev–Trinajstić information content (AvgIpc) is 3.36. The standard InChI is InChI=1S/C19H20N2O4/c1-23-16-5-2-4-13(8-16)17-10-15(22)12-21(17)11-14-9-19(25-20-14)18-6-3-7-24-18/h2-9,15,17,22H,10-12H2,1H3/t15-,17+/m0/s1. The molecule has 0 radical (unpaired) electrons. The molecule has 1 aromatic carbocycles. The van der Waals surface area contributed by atoms with Gasteiger partial charge in [-0.1, -0.05) is 17.3 Å². The van der Waals surface area contributed by atoms with Crippen LogP contribution in [-0.4, -0.2) is 34.9 Å². The van der Waals surface area contributed by atoms with Gasteiger partial charge in [-0.25, -0.2) is 0 Å². The van der Waals surface area contributed by atoms with Gasteiger partial charge in [0, 0.05) is 25.2 Å². The summed E-state index contributed by atoms with van der Waals surface area (Å²) in [6.45, 7) is 1.20. The van der Waals surface area contributed by atoms with Gasteiger partial charge in [0.1, 0.15) is 5.75 Å². The van der Waals surface area contributed by atoms with E-state index in [-0.39, 0.29) is 12.1 Å². The van der Waals surface area contributed by atoms with E-state index in [1.165, 1.54) is 0 Å². The van der Waals surface area contributed by atoms with Crippen molar-refractivity contribution < 1.29 is 18.8 Å². The van der Waals surface area contributed by atoms with Gasteiger partial charge in [-0.2, -0.15) is 0 Å². The molecule has 0 unspecified atom stereocenters. The van der Waals surface area contributed by atoms with Gasteiger partial charge in [-0.3, -0.25) is 4.90 Å². The highest BCUT2D eigenvalue weighted by Gasteiger charge is 2.32. The highest BCUT2D eigenvalue weighted by atomic mass is 16.5. The molecule has 0 aliphatic carbocycles. The monoisotopic (exact) mass is 340 g/mol. The summed E-state index contributed by atoms with van der Waals surface area (Å²) in [7, 11) is 1.66. The molecule has 2 atom stereocenters. The maximum absolute atomic E-state index is 10.2. The largest absolute Gasteiger partial charge is 0.497 e. The van der Waals surface area contributed by atoms with Crippen molar-refractivity contribution in [2.75, 3.05) is 13.7 Å². The molecule has 0 bridgehead atoms. The van der Waals surface area contributed by atoms with Gasteiger partial charge in [0.25, 0.3) is 0 Å². The van der Waals surface area contributed by atoms with E-state index in [2.05, 4.69) is 16.1 Å². The van der Waals surface area contributed by atoms with Gasteiger partial charge in [-0.05, 0) is 36.2 Å². The Morgan fingerprint density at radius 1 is 1.24 bits per heavy atom. The van der Waals surface area contributed by atoms with E-state index >= 15 is 0 Å². The minimum Gasteiger partial charge on any atom is -0.497 e. The summed E-state index contributed by atoms with van der Waals surface area (Å²) in [5.74, 6) is 2.09. The number of methoxy groups -OCH3 is 1. The highest BCUT2D eigenvalue weighted by Crippen LogP contribution is 2.35. The van der Waals surface area contributed by atoms with Crippen LogP contribution in [0.25, 0.3) is 11.5 Å². The van der Waals surface area contributed by atoms with Crippen LogP contribution in [0.5, 0.6) is 5.75 Å². The predicted molar refractivity (Wildman–Crippen MR) is 91.0 cm³/mol. The van der Waals surface area contributed by atoms with Crippen molar-refractivity contribution in [2.24, 2.45) is 0 Å². The normalized spacial score (nSPS) is 20.9. The second-order valence-electron chi connectivity index (χ2n) is 6.27. The molecule has 1 aliphatic rings. The number of hydrogen-bond acceptors (Lipinski definition) is 6. The zero-order valence-electron chi connectivity index (χ0n) is 14.0. The van der Waals surface area contributed by atoms with E-state index in [9.17, 15) is 5.11 Å². The lowest BCUT2D eigenvalue weighted by Crippen LogP contribution is -2.24. The van der Waals surface area contributed by atoms with Crippen LogP contribution in [0.1, 0.15) is 23.7 Å². The Kier molecular flexibility index (Phi) is 4.29. The number of ether oxygens (including phenoxy) is 1. The molecule has 1 aliphatic heterocycles. The zero-order valence-corrected chi connectivity index (χ0v) is 14.0. The molecular formula is C19H20N2O4. The number of β-amino-alcohol motifs (C(OH)–C–C–N with tert-alkyl or cyclic N) is 1. The number of nitrogens with zero attached hydrogens (tertiary/aromatic N) is 2. The van der Waals surface area contributed by atoms with Crippen LogP contribution >= 0.6 is 0 Å². The molecule has 130 valence electrons. The van der Waals surface area contributed by atoms with Crippen LogP contribution in [0, 0.1) is 0 Å². The summed E-state index contributed by atoms with van der Waals surface area (Å²) in [6.07, 6.45) is 1.94. The van der Waals surface area contributed by atoms with Crippen molar-refractivity contribution in [3.63, 3.8) is 0 Å². The fraction of sp³-hybridized carbons (Fsp3) is 0.316. The zero-order chi connectivity index (χ0) is 17.2. The smallest absolute Gasteiger partial charge is 0.202 e. The number of aliphatic hydroxyl groups is 1. The molecule has 0 saturated carbocycles. The van der Waals surface area contributed by atoms with Crippen molar-refractivity contribution in [2.45, 2.75) is 25.1 Å². The molecule has 1 fully saturated rings. The van der Waals surface area contributed by atoms with Gasteiger partial charge in [0.05, 0.1) is 25.2 Å². The fourth-order valence-corrected chi connectivity index (χ4v) is 3.38. The highest BCUT2D eigenvalue weighted by molar-refractivity contribution is 5.49. The third kappa shape index (κ3) is 3.31. The lowest BCUT2D eigenvalue weighted by atomic mass is 10.0. The van der Waals surface area contributed by atoms with Gasteiger partial charge < -0.3 is 18.8 Å². The first-order valence-electron chi connectivity index (χ1n) is 8.28. The SMILES string of the molecule is COc1cccc([C@H]2C[C@H](O)CN2Cc2cc(-c3ccco3)on2)c1. The van der Waals surface area contributed by atoms with Crippen LogP contribution < -0.4 is 4.74 Å². The van der Waals surface area contributed by atoms with Crippen molar-refractivity contribution >= 4 is 0 Å². The van der Waals surface area contributed by atoms with E-state index in [0.717, 1.165) is 17.0 Å². The Morgan fingerprint density at radius 2 is 2.16 bits per heavy atom. The number of benzene rings is 1. The first-order valence-corrected chi connectivity index (χ1v) is 8.28. The Morgan fingerprint density at radius 3 is 2.96 bits per heavy atom.